The highest BCUT2D eigenvalue weighted by atomic mass is 16.5. The van der Waals surface area contributed by atoms with Crippen molar-refractivity contribution in [2.24, 2.45) is 5.92 Å². The molecule has 2 unspecified atom stereocenters. The lowest BCUT2D eigenvalue weighted by molar-refractivity contribution is -0.117. The molecule has 1 aromatic carbocycles. The van der Waals surface area contributed by atoms with Gasteiger partial charge in [0.2, 0.25) is 5.91 Å². The Kier molecular flexibility index (Phi) is 5.40. The zero-order valence-corrected chi connectivity index (χ0v) is 19.2. The molecule has 2 N–H and O–H groups in total. The standard InChI is InChI=1S/C27H27N5O2/c1-28-26-22-15-29-25(31-27(33)19-8-9-19)12-21(22)20(14-30-26)7-6-17-2-4-18(5-3-17)16-32-10-11-34-24-13-23(24)32/h2-5,12,14-15,19,23-24H,8-11,13,16H2,1H3,(H,28,30)(H,29,31,33). The topological polar surface area (TPSA) is 79.4 Å². The van der Waals surface area contributed by atoms with Gasteiger partial charge < -0.3 is 15.4 Å². The highest BCUT2D eigenvalue weighted by Crippen LogP contribution is 2.35. The summed E-state index contributed by atoms with van der Waals surface area (Å²) in [6.45, 7) is 2.80. The number of hydrogen-bond donors (Lipinski definition) is 2. The minimum Gasteiger partial charge on any atom is -0.375 e. The number of hydrogen-bond acceptors (Lipinski definition) is 6. The van der Waals surface area contributed by atoms with Crippen LogP contribution in [-0.2, 0) is 16.1 Å². The minimum absolute atomic E-state index is 0.0387. The summed E-state index contributed by atoms with van der Waals surface area (Å²) in [5.41, 5.74) is 3.05. The number of nitrogens with one attached hydrogen (secondary N) is 2. The molecule has 2 atom stereocenters. The Labute approximate surface area is 198 Å². The van der Waals surface area contributed by atoms with Crippen molar-refractivity contribution in [3.8, 4) is 11.8 Å². The quantitative estimate of drug-likeness (QED) is 0.577. The number of morpholine rings is 1. The van der Waals surface area contributed by atoms with E-state index in [1.807, 2.05) is 13.1 Å². The fraction of sp³-hybridized carbons (Fsp3) is 0.370. The zero-order valence-electron chi connectivity index (χ0n) is 19.2. The first kappa shape index (κ1) is 21.1. The Hall–Kier alpha value is -3.47. The van der Waals surface area contributed by atoms with E-state index in [-0.39, 0.29) is 11.8 Å². The van der Waals surface area contributed by atoms with Gasteiger partial charge in [-0.2, -0.15) is 0 Å². The summed E-state index contributed by atoms with van der Waals surface area (Å²) in [4.78, 5) is 23.6. The van der Waals surface area contributed by atoms with Crippen molar-refractivity contribution in [3.63, 3.8) is 0 Å². The van der Waals surface area contributed by atoms with E-state index in [4.69, 9.17) is 4.74 Å². The molecule has 2 saturated carbocycles. The number of carbonyl (C=O) groups is 1. The van der Waals surface area contributed by atoms with Crippen LogP contribution < -0.4 is 10.6 Å². The lowest BCUT2D eigenvalue weighted by atomic mass is 10.1. The Morgan fingerprint density at radius 2 is 2.00 bits per heavy atom. The van der Waals surface area contributed by atoms with Gasteiger partial charge >= 0.3 is 0 Å². The van der Waals surface area contributed by atoms with Crippen molar-refractivity contribution in [1.82, 2.24) is 14.9 Å². The van der Waals surface area contributed by atoms with E-state index < -0.39 is 0 Å². The first-order valence-corrected chi connectivity index (χ1v) is 11.9. The third-order valence-corrected chi connectivity index (χ3v) is 6.77. The third-order valence-electron chi connectivity index (χ3n) is 6.77. The van der Waals surface area contributed by atoms with Crippen molar-refractivity contribution < 1.29 is 9.53 Å². The fourth-order valence-electron chi connectivity index (χ4n) is 4.55. The number of anilines is 2. The average Bonchev–Trinajstić information content (AvgIpc) is 3.77. The molecule has 1 amide bonds. The van der Waals surface area contributed by atoms with Crippen LogP contribution in [0.1, 0.15) is 36.0 Å². The van der Waals surface area contributed by atoms with Gasteiger partial charge in [0.25, 0.3) is 0 Å². The molecule has 0 bridgehead atoms. The smallest absolute Gasteiger partial charge is 0.228 e. The van der Waals surface area contributed by atoms with Crippen LogP contribution in [-0.4, -0.2) is 53.1 Å². The average molecular weight is 454 g/mol. The van der Waals surface area contributed by atoms with E-state index in [1.165, 1.54) is 12.0 Å². The normalized spacial score (nSPS) is 21.3. The number of fused-ring (bicyclic) bond motifs is 2. The van der Waals surface area contributed by atoms with E-state index in [0.717, 1.165) is 60.3 Å². The summed E-state index contributed by atoms with van der Waals surface area (Å²) in [5, 5.41) is 7.82. The molecule has 34 heavy (non-hydrogen) atoms. The second kappa shape index (κ2) is 8.71. The fourth-order valence-corrected chi connectivity index (χ4v) is 4.55. The number of pyridine rings is 2. The van der Waals surface area contributed by atoms with Crippen molar-refractivity contribution in [3.05, 3.63) is 59.4 Å². The Balaban J connectivity index is 1.23. The summed E-state index contributed by atoms with van der Waals surface area (Å²) in [6.07, 6.45) is 7.04. The van der Waals surface area contributed by atoms with E-state index in [9.17, 15) is 4.79 Å². The van der Waals surface area contributed by atoms with Gasteiger partial charge in [-0.15, -0.1) is 0 Å². The summed E-state index contributed by atoms with van der Waals surface area (Å²) >= 11 is 0. The van der Waals surface area contributed by atoms with Crippen molar-refractivity contribution >= 4 is 28.3 Å². The molecule has 0 spiro atoms. The predicted octanol–water partition coefficient (Wildman–Crippen LogP) is 3.39. The van der Waals surface area contributed by atoms with E-state index in [2.05, 4.69) is 61.6 Å². The minimum atomic E-state index is 0.0387. The lowest BCUT2D eigenvalue weighted by Crippen LogP contribution is -2.36. The maximum absolute atomic E-state index is 12.2. The third kappa shape index (κ3) is 4.35. The SMILES string of the molecule is CNc1ncc(C#Cc2ccc(CN3CCOC4CC43)cc2)c2cc(NC(=O)C3CC3)ncc12. The number of nitrogens with zero attached hydrogens (tertiary/aromatic N) is 3. The molecule has 0 radical (unpaired) electrons. The van der Waals surface area contributed by atoms with Crippen molar-refractivity contribution in [2.75, 3.05) is 30.8 Å². The largest absolute Gasteiger partial charge is 0.375 e. The summed E-state index contributed by atoms with van der Waals surface area (Å²) < 4.78 is 5.70. The first-order valence-electron chi connectivity index (χ1n) is 11.9. The van der Waals surface area contributed by atoms with Crippen LogP contribution in [0.25, 0.3) is 10.8 Å². The predicted molar refractivity (Wildman–Crippen MR) is 131 cm³/mol. The molecule has 3 fully saturated rings. The molecule has 1 saturated heterocycles. The van der Waals surface area contributed by atoms with Crippen LogP contribution in [0.5, 0.6) is 0 Å². The Morgan fingerprint density at radius 1 is 1.15 bits per heavy atom. The van der Waals surface area contributed by atoms with Gasteiger partial charge in [0.05, 0.1) is 18.3 Å². The molecule has 2 aromatic heterocycles. The first-order chi connectivity index (χ1) is 16.7. The maximum atomic E-state index is 12.2. The molecule has 1 aliphatic heterocycles. The molecule has 7 heteroatoms. The number of benzene rings is 1. The molecule has 3 aliphatic rings. The molecule has 3 aromatic rings. The van der Waals surface area contributed by atoms with Crippen LogP contribution in [0, 0.1) is 17.8 Å². The second-order valence-electron chi connectivity index (χ2n) is 9.28. The number of aromatic nitrogens is 2. The molecule has 3 heterocycles. The Bertz CT molecular complexity index is 1310. The monoisotopic (exact) mass is 453 g/mol. The number of amides is 1. The Morgan fingerprint density at radius 3 is 2.79 bits per heavy atom. The van der Waals surface area contributed by atoms with Gasteiger partial charge in [0.1, 0.15) is 11.6 Å². The van der Waals surface area contributed by atoms with Gasteiger partial charge in [-0.25, -0.2) is 9.97 Å². The summed E-state index contributed by atoms with van der Waals surface area (Å²) in [7, 11) is 1.83. The lowest BCUT2D eigenvalue weighted by Gasteiger charge is -2.26. The number of rotatable bonds is 5. The van der Waals surface area contributed by atoms with Crippen LogP contribution in [0.4, 0.5) is 11.6 Å². The van der Waals surface area contributed by atoms with E-state index >= 15 is 0 Å². The number of ether oxygens (including phenoxy) is 1. The summed E-state index contributed by atoms with van der Waals surface area (Å²) in [5.74, 6) is 8.00. The van der Waals surface area contributed by atoms with E-state index in [0.29, 0.717) is 18.0 Å². The van der Waals surface area contributed by atoms with Gasteiger partial charge in [-0.3, -0.25) is 9.69 Å². The second-order valence-corrected chi connectivity index (χ2v) is 9.28. The highest BCUT2D eigenvalue weighted by molar-refractivity contribution is 5.99. The van der Waals surface area contributed by atoms with Gasteiger partial charge in [0, 0.05) is 60.8 Å². The molecular formula is C27H27N5O2. The van der Waals surface area contributed by atoms with E-state index in [1.54, 1.807) is 12.4 Å². The highest BCUT2D eigenvalue weighted by Gasteiger charge is 2.45. The van der Waals surface area contributed by atoms with Crippen molar-refractivity contribution in [2.45, 2.75) is 38.0 Å². The van der Waals surface area contributed by atoms with Gasteiger partial charge in [-0.05, 0) is 43.0 Å². The van der Waals surface area contributed by atoms with Crippen molar-refractivity contribution in [1.29, 1.82) is 0 Å². The summed E-state index contributed by atoms with van der Waals surface area (Å²) in [6, 6.07) is 11.0. The molecule has 2 aliphatic carbocycles. The van der Waals surface area contributed by atoms with Crippen LogP contribution in [0.2, 0.25) is 0 Å². The van der Waals surface area contributed by atoms with Crippen LogP contribution >= 0.6 is 0 Å². The van der Waals surface area contributed by atoms with Crippen LogP contribution in [0.15, 0.2) is 42.7 Å². The molecule has 6 rings (SSSR count). The zero-order chi connectivity index (χ0) is 23.1. The van der Waals surface area contributed by atoms with Gasteiger partial charge in [-0.1, -0.05) is 24.0 Å². The number of carbonyl (C=O) groups excluding carboxylic acids is 1. The van der Waals surface area contributed by atoms with Crippen LogP contribution in [0.3, 0.4) is 0 Å². The molecule has 7 nitrogen and oxygen atoms in total. The molecule has 172 valence electrons. The maximum Gasteiger partial charge on any atom is 0.228 e. The molecular weight excluding hydrogens is 426 g/mol. The van der Waals surface area contributed by atoms with Gasteiger partial charge in [0.15, 0.2) is 0 Å².